The summed E-state index contributed by atoms with van der Waals surface area (Å²) < 4.78 is 0. The van der Waals surface area contributed by atoms with Crippen molar-refractivity contribution >= 4 is 0 Å². The molecule has 2 atom stereocenters. The first kappa shape index (κ1) is 13.6. The lowest BCUT2D eigenvalue weighted by Crippen LogP contribution is -2.34. The molecular formula is C17H27N. The fourth-order valence-corrected chi connectivity index (χ4v) is 3.35. The minimum Gasteiger partial charge on any atom is -0.314 e. The molecule has 2 rings (SSSR count). The summed E-state index contributed by atoms with van der Waals surface area (Å²) in [7, 11) is 0. The Labute approximate surface area is 112 Å². The second-order valence-corrected chi connectivity index (χ2v) is 5.77. The molecule has 0 bridgehead atoms. The van der Waals surface area contributed by atoms with Crippen LogP contribution in [0.15, 0.2) is 18.2 Å². The van der Waals surface area contributed by atoms with E-state index in [0.29, 0.717) is 12.0 Å². The van der Waals surface area contributed by atoms with Crippen molar-refractivity contribution < 1.29 is 0 Å². The lowest BCUT2D eigenvalue weighted by atomic mass is 9.84. The summed E-state index contributed by atoms with van der Waals surface area (Å²) in [6.07, 6.45) is 6.87. The summed E-state index contributed by atoms with van der Waals surface area (Å²) in [5.41, 5.74) is 4.45. The molecule has 0 spiro atoms. The summed E-state index contributed by atoms with van der Waals surface area (Å²) >= 11 is 0. The second-order valence-electron chi connectivity index (χ2n) is 5.77. The minimum atomic E-state index is 0.679. The van der Waals surface area contributed by atoms with Gasteiger partial charge >= 0.3 is 0 Å². The molecule has 0 aliphatic heterocycles. The zero-order chi connectivity index (χ0) is 13.0. The molecule has 1 aromatic rings. The normalized spacial score (nSPS) is 24.8. The van der Waals surface area contributed by atoms with E-state index in [1.165, 1.54) is 43.2 Å². The average molecular weight is 245 g/mol. The Morgan fingerprint density at radius 1 is 1.11 bits per heavy atom. The van der Waals surface area contributed by atoms with Gasteiger partial charge in [0.1, 0.15) is 0 Å². The van der Waals surface area contributed by atoms with Crippen molar-refractivity contribution in [2.75, 3.05) is 6.54 Å². The molecule has 0 heterocycles. The third-order valence-corrected chi connectivity index (χ3v) is 4.32. The van der Waals surface area contributed by atoms with Crippen molar-refractivity contribution in [2.24, 2.45) is 0 Å². The molecule has 1 aliphatic rings. The predicted octanol–water partition coefficient (Wildman–Crippen LogP) is 4.33. The Morgan fingerprint density at radius 2 is 1.89 bits per heavy atom. The van der Waals surface area contributed by atoms with E-state index in [9.17, 15) is 0 Å². The Kier molecular flexibility index (Phi) is 4.82. The van der Waals surface area contributed by atoms with Crippen LogP contribution < -0.4 is 5.32 Å². The number of nitrogens with one attached hydrogen (secondary N) is 1. The third-order valence-electron chi connectivity index (χ3n) is 4.32. The van der Waals surface area contributed by atoms with Crippen LogP contribution in [0.4, 0.5) is 0 Å². The predicted molar refractivity (Wildman–Crippen MR) is 79.2 cm³/mol. The lowest BCUT2D eigenvalue weighted by Gasteiger charge is -2.28. The zero-order valence-corrected chi connectivity index (χ0v) is 12.1. The van der Waals surface area contributed by atoms with Crippen LogP contribution in [0.2, 0.25) is 0 Å². The molecule has 0 radical (unpaired) electrons. The van der Waals surface area contributed by atoms with E-state index in [-0.39, 0.29) is 0 Å². The largest absolute Gasteiger partial charge is 0.314 e. The SMILES string of the molecule is CCNC1CCCCCC1c1cc(C)ccc1C. The Bertz CT molecular complexity index is 383. The monoisotopic (exact) mass is 245 g/mol. The summed E-state index contributed by atoms with van der Waals surface area (Å²) in [4.78, 5) is 0. The topological polar surface area (TPSA) is 12.0 Å². The number of hydrogen-bond donors (Lipinski definition) is 1. The van der Waals surface area contributed by atoms with Gasteiger partial charge in [0.05, 0.1) is 0 Å². The Balaban J connectivity index is 2.28. The molecule has 1 heteroatoms. The molecule has 0 aromatic heterocycles. The average Bonchev–Trinajstić information content (AvgIpc) is 2.58. The first-order chi connectivity index (χ1) is 8.72. The number of aryl methyl sites for hydroxylation is 2. The van der Waals surface area contributed by atoms with Gasteiger partial charge in [-0.1, -0.05) is 49.9 Å². The number of benzene rings is 1. The lowest BCUT2D eigenvalue weighted by molar-refractivity contribution is 0.418. The van der Waals surface area contributed by atoms with E-state index in [2.05, 4.69) is 44.3 Å². The maximum atomic E-state index is 3.72. The van der Waals surface area contributed by atoms with Crippen molar-refractivity contribution in [2.45, 2.75) is 64.8 Å². The Morgan fingerprint density at radius 3 is 2.67 bits per heavy atom. The molecule has 100 valence electrons. The van der Waals surface area contributed by atoms with E-state index >= 15 is 0 Å². The van der Waals surface area contributed by atoms with E-state index < -0.39 is 0 Å². The van der Waals surface area contributed by atoms with Gasteiger partial charge in [-0.25, -0.2) is 0 Å². The highest BCUT2D eigenvalue weighted by molar-refractivity contribution is 5.34. The highest BCUT2D eigenvalue weighted by Crippen LogP contribution is 2.34. The summed E-state index contributed by atoms with van der Waals surface area (Å²) in [6, 6.07) is 7.62. The third kappa shape index (κ3) is 3.14. The smallest absolute Gasteiger partial charge is 0.0136 e. The van der Waals surface area contributed by atoms with E-state index in [0.717, 1.165) is 6.54 Å². The zero-order valence-electron chi connectivity index (χ0n) is 12.1. The van der Waals surface area contributed by atoms with Crippen LogP contribution in [0.5, 0.6) is 0 Å². The molecule has 18 heavy (non-hydrogen) atoms. The van der Waals surface area contributed by atoms with Crippen LogP contribution in [0, 0.1) is 13.8 Å². The van der Waals surface area contributed by atoms with Crippen molar-refractivity contribution in [3.05, 3.63) is 34.9 Å². The van der Waals surface area contributed by atoms with Gasteiger partial charge in [-0.05, 0) is 50.3 Å². The highest BCUT2D eigenvalue weighted by atomic mass is 14.9. The maximum absolute atomic E-state index is 3.72. The van der Waals surface area contributed by atoms with Gasteiger partial charge in [0.15, 0.2) is 0 Å². The molecule has 0 saturated heterocycles. The van der Waals surface area contributed by atoms with Gasteiger partial charge in [0.25, 0.3) is 0 Å². The molecule has 1 nitrogen and oxygen atoms in total. The van der Waals surface area contributed by atoms with Crippen LogP contribution >= 0.6 is 0 Å². The van der Waals surface area contributed by atoms with Gasteiger partial charge in [-0.2, -0.15) is 0 Å². The number of likely N-dealkylation sites (N-methyl/N-ethyl adjacent to an activating group) is 1. The molecular weight excluding hydrogens is 218 g/mol. The van der Waals surface area contributed by atoms with Crippen LogP contribution in [-0.4, -0.2) is 12.6 Å². The molecule has 1 saturated carbocycles. The fraction of sp³-hybridized carbons (Fsp3) is 0.647. The standard InChI is InChI=1S/C17H27N/c1-4-18-17-9-7-5-6-8-15(17)16-12-13(2)10-11-14(16)3/h10-12,15,17-18H,4-9H2,1-3H3. The van der Waals surface area contributed by atoms with E-state index in [1.807, 2.05) is 0 Å². The molecule has 1 aliphatic carbocycles. The van der Waals surface area contributed by atoms with Crippen LogP contribution in [0.1, 0.15) is 61.6 Å². The van der Waals surface area contributed by atoms with Gasteiger partial charge in [0, 0.05) is 6.04 Å². The molecule has 0 amide bonds. The molecule has 1 N–H and O–H groups in total. The fourth-order valence-electron chi connectivity index (χ4n) is 3.35. The van der Waals surface area contributed by atoms with Crippen molar-refractivity contribution in [3.8, 4) is 0 Å². The van der Waals surface area contributed by atoms with Gasteiger partial charge in [-0.15, -0.1) is 0 Å². The summed E-state index contributed by atoms with van der Waals surface area (Å²) in [5, 5.41) is 3.72. The highest BCUT2D eigenvalue weighted by Gasteiger charge is 2.25. The van der Waals surface area contributed by atoms with Crippen molar-refractivity contribution in [1.29, 1.82) is 0 Å². The van der Waals surface area contributed by atoms with Crippen LogP contribution in [-0.2, 0) is 0 Å². The van der Waals surface area contributed by atoms with Crippen LogP contribution in [0.3, 0.4) is 0 Å². The quantitative estimate of drug-likeness (QED) is 0.782. The second kappa shape index (κ2) is 6.38. The molecule has 1 fully saturated rings. The van der Waals surface area contributed by atoms with E-state index in [4.69, 9.17) is 0 Å². The minimum absolute atomic E-state index is 0.679. The number of rotatable bonds is 3. The van der Waals surface area contributed by atoms with Crippen molar-refractivity contribution in [3.63, 3.8) is 0 Å². The van der Waals surface area contributed by atoms with Crippen molar-refractivity contribution in [1.82, 2.24) is 5.32 Å². The van der Waals surface area contributed by atoms with Gasteiger partial charge < -0.3 is 5.32 Å². The number of hydrogen-bond acceptors (Lipinski definition) is 1. The molecule has 1 aromatic carbocycles. The first-order valence-electron chi connectivity index (χ1n) is 7.53. The first-order valence-corrected chi connectivity index (χ1v) is 7.53. The summed E-state index contributed by atoms with van der Waals surface area (Å²) in [5.74, 6) is 0.715. The van der Waals surface area contributed by atoms with Crippen LogP contribution in [0.25, 0.3) is 0 Å². The summed E-state index contributed by atoms with van der Waals surface area (Å²) in [6.45, 7) is 7.79. The Hall–Kier alpha value is -0.820. The molecule has 2 unspecified atom stereocenters. The maximum Gasteiger partial charge on any atom is 0.0136 e. The van der Waals surface area contributed by atoms with Gasteiger partial charge in [-0.3, -0.25) is 0 Å². The van der Waals surface area contributed by atoms with E-state index in [1.54, 1.807) is 5.56 Å². The van der Waals surface area contributed by atoms with Gasteiger partial charge in [0.2, 0.25) is 0 Å².